The Bertz CT molecular complexity index is 692. The SMILES string of the molecule is CCOCOc1cc(Cl)cc(C)c1-c1cnc(C=O)c(N)n1. The van der Waals surface area contributed by atoms with E-state index in [1.165, 1.54) is 6.20 Å². The van der Waals surface area contributed by atoms with Crippen LogP contribution in [-0.2, 0) is 4.74 Å². The number of carbonyl (C=O) groups is 1. The smallest absolute Gasteiger partial charge is 0.189 e. The molecule has 22 heavy (non-hydrogen) atoms. The van der Waals surface area contributed by atoms with Crippen LogP contribution < -0.4 is 10.5 Å². The van der Waals surface area contributed by atoms with Gasteiger partial charge < -0.3 is 15.2 Å². The van der Waals surface area contributed by atoms with Crippen LogP contribution in [-0.4, -0.2) is 29.7 Å². The Hall–Kier alpha value is -2.18. The van der Waals surface area contributed by atoms with E-state index >= 15 is 0 Å². The Morgan fingerprint density at radius 3 is 2.82 bits per heavy atom. The summed E-state index contributed by atoms with van der Waals surface area (Å²) in [5, 5.41) is 0.540. The van der Waals surface area contributed by atoms with Gasteiger partial charge >= 0.3 is 0 Å². The second kappa shape index (κ2) is 7.20. The molecule has 0 aliphatic heterocycles. The molecule has 0 atom stereocenters. The molecule has 0 radical (unpaired) electrons. The first-order valence-electron chi connectivity index (χ1n) is 6.65. The number of carbonyl (C=O) groups excluding carboxylic acids is 1. The fourth-order valence-corrected chi connectivity index (χ4v) is 2.23. The molecule has 0 amide bonds. The minimum atomic E-state index is 0.0672. The number of aldehydes is 1. The van der Waals surface area contributed by atoms with Gasteiger partial charge in [0.15, 0.2) is 18.9 Å². The second-order valence-electron chi connectivity index (χ2n) is 4.49. The van der Waals surface area contributed by atoms with Crippen LogP contribution >= 0.6 is 11.6 Å². The van der Waals surface area contributed by atoms with E-state index in [1.54, 1.807) is 12.1 Å². The van der Waals surface area contributed by atoms with Crippen LogP contribution in [0.5, 0.6) is 5.75 Å². The van der Waals surface area contributed by atoms with E-state index in [9.17, 15) is 4.79 Å². The summed E-state index contributed by atoms with van der Waals surface area (Å²) in [5.74, 6) is 0.587. The molecular formula is C15H16ClN3O3. The van der Waals surface area contributed by atoms with Crippen LogP contribution in [0.15, 0.2) is 18.3 Å². The number of halogens is 1. The topological polar surface area (TPSA) is 87.3 Å². The van der Waals surface area contributed by atoms with E-state index in [1.807, 2.05) is 13.8 Å². The quantitative estimate of drug-likeness (QED) is 0.500. The monoisotopic (exact) mass is 321 g/mol. The van der Waals surface area contributed by atoms with Gasteiger partial charge in [-0.15, -0.1) is 0 Å². The Kier molecular flexibility index (Phi) is 5.30. The molecule has 7 heteroatoms. The zero-order valence-corrected chi connectivity index (χ0v) is 13.1. The van der Waals surface area contributed by atoms with Gasteiger partial charge in [-0.3, -0.25) is 4.79 Å². The molecule has 0 fully saturated rings. The van der Waals surface area contributed by atoms with Crippen molar-refractivity contribution < 1.29 is 14.3 Å². The molecule has 0 bridgehead atoms. The molecule has 1 aromatic heterocycles. The molecule has 2 rings (SSSR count). The molecule has 2 aromatic rings. The predicted molar refractivity (Wildman–Crippen MR) is 84.1 cm³/mol. The average molecular weight is 322 g/mol. The van der Waals surface area contributed by atoms with E-state index in [4.69, 9.17) is 26.8 Å². The van der Waals surface area contributed by atoms with Gasteiger partial charge in [0.1, 0.15) is 11.4 Å². The zero-order valence-electron chi connectivity index (χ0n) is 12.3. The molecule has 0 saturated heterocycles. The van der Waals surface area contributed by atoms with Crippen LogP contribution in [0, 0.1) is 6.92 Å². The third-order valence-electron chi connectivity index (χ3n) is 2.96. The molecule has 0 saturated carbocycles. The lowest BCUT2D eigenvalue weighted by atomic mass is 10.0. The van der Waals surface area contributed by atoms with Crippen molar-refractivity contribution in [2.45, 2.75) is 13.8 Å². The molecule has 0 aliphatic carbocycles. The van der Waals surface area contributed by atoms with E-state index in [2.05, 4.69) is 9.97 Å². The van der Waals surface area contributed by atoms with Crippen molar-refractivity contribution in [2.75, 3.05) is 19.1 Å². The number of anilines is 1. The van der Waals surface area contributed by atoms with Crippen LogP contribution in [0.25, 0.3) is 11.3 Å². The van der Waals surface area contributed by atoms with Crippen molar-refractivity contribution in [3.8, 4) is 17.0 Å². The molecule has 6 nitrogen and oxygen atoms in total. The fourth-order valence-electron chi connectivity index (χ4n) is 1.97. The normalized spacial score (nSPS) is 10.5. The first-order chi connectivity index (χ1) is 10.6. The minimum Gasteiger partial charge on any atom is -0.467 e. The standard InChI is InChI=1S/C15H16ClN3O3/c1-3-21-8-22-13-5-10(16)4-9(2)14(13)11-6-18-12(7-20)15(17)19-11/h4-7H,3,8H2,1-2H3,(H2,17,19). The molecule has 116 valence electrons. The Morgan fingerprint density at radius 2 is 2.18 bits per heavy atom. The lowest BCUT2D eigenvalue weighted by Gasteiger charge is -2.14. The van der Waals surface area contributed by atoms with Crippen LogP contribution in [0.3, 0.4) is 0 Å². The van der Waals surface area contributed by atoms with Crippen molar-refractivity contribution in [3.63, 3.8) is 0 Å². The van der Waals surface area contributed by atoms with Gasteiger partial charge in [0.05, 0.1) is 11.9 Å². The maximum absolute atomic E-state index is 10.8. The number of nitrogen functional groups attached to an aromatic ring is 1. The summed E-state index contributed by atoms with van der Waals surface area (Å²) in [6.07, 6.45) is 2.04. The number of nitrogens with zero attached hydrogens (tertiary/aromatic N) is 2. The third kappa shape index (κ3) is 3.52. The Balaban J connectivity index is 2.48. The van der Waals surface area contributed by atoms with Gasteiger partial charge in [0, 0.05) is 17.2 Å². The fraction of sp³-hybridized carbons (Fsp3) is 0.267. The molecular weight excluding hydrogens is 306 g/mol. The number of benzene rings is 1. The lowest BCUT2D eigenvalue weighted by Crippen LogP contribution is -2.06. The summed E-state index contributed by atoms with van der Waals surface area (Å²) >= 11 is 6.07. The number of ether oxygens (including phenoxy) is 2. The lowest BCUT2D eigenvalue weighted by molar-refractivity contribution is 0.0227. The molecule has 0 aliphatic rings. The largest absolute Gasteiger partial charge is 0.467 e. The maximum Gasteiger partial charge on any atom is 0.189 e. The Morgan fingerprint density at radius 1 is 1.41 bits per heavy atom. The van der Waals surface area contributed by atoms with Crippen molar-refractivity contribution in [1.29, 1.82) is 0 Å². The number of rotatable bonds is 6. The van der Waals surface area contributed by atoms with Crippen LogP contribution in [0.1, 0.15) is 23.0 Å². The summed E-state index contributed by atoms with van der Waals surface area (Å²) in [5.41, 5.74) is 7.89. The predicted octanol–water partition coefficient (Wildman–Crippen LogP) is 2.87. The zero-order chi connectivity index (χ0) is 16.1. The summed E-state index contributed by atoms with van der Waals surface area (Å²) < 4.78 is 10.8. The van der Waals surface area contributed by atoms with Gasteiger partial charge in [-0.2, -0.15) is 0 Å². The van der Waals surface area contributed by atoms with Crippen molar-refractivity contribution >= 4 is 23.7 Å². The van der Waals surface area contributed by atoms with E-state index in [0.29, 0.717) is 34.9 Å². The number of aromatic nitrogens is 2. The van der Waals surface area contributed by atoms with Gasteiger partial charge in [0.2, 0.25) is 0 Å². The minimum absolute atomic E-state index is 0.0672. The second-order valence-corrected chi connectivity index (χ2v) is 4.93. The molecule has 1 aromatic carbocycles. The maximum atomic E-state index is 10.8. The highest BCUT2D eigenvalue weighted by Gasteiger charge is 2.15. The summed E-state index contributed by atoms with van der Waals surface area (Å²) in [4.78, 5) is 19.0. The first kappa shape index (κ1) is 16.2. The van der Waals surface area contributed by atoms with Crippen molar-refractivity contribution in [1.82, 2.24) is 9.97 Å². The summed E-state index contributed by atoms with van der Waals surface area (Å²) in [6, 6.07) is 3.46. The van der Waals surface area contributed by atoms with Gasteiger partial charge in [-0.1, -0.05) is 11.6 Å². The molecule has 1 heterocycles. The Labute approximate surface area is 133 Å². The van der Waals surface area contributed by atoms with Crippen LogP contribution in [0.4, 0.5) is 5.82 Å². The van der Waals surface area contributed by atoms with Gasteiger partial charge in [-0.05, 0) is 31.5 Å². The first-order valence-corrected chi connectivity index (χ1v) is 7.03. The highest BCUT2D eigenvalue weighted by atomic mass is 35.5. The molecule has 0 spiro atoms. The van der Waals surface area contributed by atoms with E-state index in [-0.39, 0.29) is 18.3 Å². The third-order valence-corrected chi connectivity index (χ3v) is 3.18. The number of hydrogen-bond acceptors (Lipinski definition) is 6. The van der Waals surface area contributed by atoms with E-state index in [0.717, 1.165) is 5.56 Å². The van der Waals surface area contributed by atoms with Gasteiger partial charge in [0.25, 0.3) is 0 Å². The summed E-state index contributed by atoms with van der Waals surface area (Å²) in [6.45, 7) is 4.38. The number of nitrogens with two attached hydrogens (primary N) is 1. The molecule has 0 unspecified atom stereocenters. The van der Waals surface area contributed by atoms with Crippen LogP contribution in [0.2, 0.25) is 5.02 Å². The van der Waals surface area contributed by atoms with Crippen molar-refractivity contribution in [3.05, 3.63) is 34.6 Å². The van der Waals surface area contributed by atoms with E-state index < -0.39 is 0 Å². The number of hydrogen-bond donors (Lipinski definition) is 1. The highest BCUT2D eigenvalue weighted by Crippen LogP contribution is 2.35. The molecule has 2 N–H and O–H groups in total. The van der Waals surface area contributed by atoms with Gasteiger partial charge in [-0.25, -0.2) is 9.97 Å². The summed E-state index contributed by atoms with van der Waals surface area (Å²) in [7, 11) is 0. The number of aryl methyl sites for hydroxylation is 1. The average Bonchev–Trinajstić information content (AvgIpc) is 2.47. The van der Waals surface area contributed by atoms with Crippen molar-refractivity contribution in [2.24, 2.45) is 0 Å². The highest BCUT2D eigenvalue weighted by molar-refractivity contribution is 6.31.